The molecular formula is C10H17FN6O. The number of carbonyl (C=O) groups excluding carboxylic acids is 1. The van der Waals surface area contributed by atoms with Gasteiger partial charge in [-0.15, -0.1) is 0 Å². The summed E-state index contributed by atoms with van der Waals surface area (Å²) in [6, 6.07) is 0. The van der Waals surface area contributed by atoms with Crippen molar-refractivity contribution in [3.63, 3.8) is 0 Å². The molecule has 0 unspecified atom stereocenters. The van der Waals surface area contributed by atoms with Crippen LogP contribution in [0.4, 0.5) is 16.2 Å². The summed E-state index contributed by atoms with van der Waals surface area (Å²) in [4.78, 5) is 20.4. The van der Waals surface area contributed by atoms with Gasteiger partial charge >= 0.3 is 0 Å². The molecule has 0 aromatic carbocycles. The minimum absolute atomic E-state index is 0.0118. The lowest BCUT2D eigenvalue weighted by Crippen LogP contribution is -2.36. The third-order valence-corrected chi connectivity index (χ3v) is 2.17. The van der Waals surface area contributed by atoms with Crippen LogP contribution in [0.25, 0.3) is 0 Å². The van der Waals surface area contributed by atoms with Crippen LogP contribution < -0.4 is 21.5 Å². The molecule has 18 heavy (non-hydrogen) atoms. The number of amides is 1. The Morgan fingerprint density at radius 2 is 2.33 bits per heavy atom. The van der Waals surface area contributed by atoms with Gasteiger partial charge in [-0.2, -0.15) is 4.98 Å². The second-order valence-electron chi connectivity index (χ2n) is 3.72. The first-order valence-corrected chi connectivity index (χ1v) is 5.55. The summed E-state index contributed by atoms with van der Waals surface area (Å²) >= 11 is 0. The minimum atomic E-state index is -0.611. The van der Waals surface area contributed by atoms with Crippen LogP contribution >= 0.6 is 0 Å². The van der Waals surface area contributed by atoms with Gasteiger partial charge in [0, 0.05) is 13.6 Å². The van der Waals surface area contributed by atoms with Crippen molar-refractivity contribution in [2.24, 2.45) is 5.84 Å². The summed E-state index contributed by atoms with van der Waals surface area (Å²) in [6.45, 7) is 2.56. The molecule has 0 atom stereocenters. The van der Waals surface area contributed by atoms with E-state index in [1.807, 2.05) is 6.92 Å². The third-order valence-electron chi connectivity index (χ3n) is 2.17. The van der Waals surface area contributed by atoms with Crippen molar-refractivity contribution in [3.05, 3.63) is 12.0 Å². The molecule has 7 nitrogen and oxygen atoms in total. The maximum atomic E-state index is 13.5. The molecule has 4 N–H and O–H groups in total. The Hall–Kier alpha value is -1.96. The van der Waals surface area contributed by atoms with Gasteiger partial charge in [0.2, 0.25) is 11.9 Å². The number of likely N-dealkylation sites (N-methyl/N-ethyl adjacent to an activating group) is 1. The number of carbonyl (C=O) groups is 1. The molecule has 1 aromatic heterocycles. The van der Waals surface area contributed by atoms with Gasteiger partial charge in [0.1, 0.15) is 0 Å². The molecule has 1 amide bonds. The minimum Gasteiger partial charge on any atom is -0.355 e. The highest BCUT2D eigenvalue weighted by molar-refractivity contribution is 5.80. The van der Waals surface area contributed by atoms with E-state index in [-0.39, 0.29) is 24.2 Å². The highest BCUT2D eigenvalue weighted by atomic mass is 19.1. The van der Waals surface area contributed by atoms with Crippen molar-refractivity contribution >= 4 is 17.7 Å². The molecule has 0 saturated carbocycles. The summed E-state index contributed by atoms with van der Waals surface area (Å²) in [5.41, 5.74) is 2.22. The van der Waals surface area contributed by atoms with Crippen LogP contribution in [0.3, 0.4) is 0 Å². The Kier molecular flexibility index (Phi) is 5.25. The van der Waals surface area contributed by atoms with Crippen LogP contribution in [0.5, 0.6) is 0 Å². The number of aromatic nitrogens is 2. The Morgan fingerprint density at radius 1 is 1.61 bits per heavy atom. The molecule has 0 radical (unpaired) electrons. The van der Waals surface area contributed by atoms with E-state index in [1.165, 1.54) is 4.90 Å². The molecule has 0 saturated heterocycles. The number of hydrogen-bond acceptors (Lipinski definition) is 6. The van der Waals surface area contributed by atoms with Gasteiger partial charge < -0.3 is 10.2 Å². The number of nitrogens with two attached hydrogens (primary N) is 1. The number of rotatable bonds is 6. The molecule has 0 aliphatic rings. The number of hydrazine groups is 1. The Labute approximate surface area is 105 Å². The predicted octanol–water partition coefficient (Wildman–Crippen LogP) is -0.136. The molecule has 0 spiro atoms. The van der Waals surface area contributed by atoms with Crippen LogP contribution in [0.1, 0.15) is 13.3 Å². The zero-order chi connectivity index (χ0) is 13.5. The van der Waals surface area contributed by atoms with E-state index in [4.69, 9.17) is 5.84 Å². The van der Waals surface area contributed by atoms with E-state index in [9.17, 15) is 9.18 Å². The number of nitrogen functional groups attached to an aromatic ring is 1. The van der Waals surface area contributed by atoms with Crippen molar-refractivity contribution in [1.29, 1.82) is 0 Å². The first kappa shape index (κ1) is 14.1. The van der Waals surface area contributed by atoms with Gasteiger partial charge in [0.25, 0.3) is 0 Å². The summed E-state index contributed by atoms with van der Waals surface area (Å²) < 4.78 is 13.5. The SMILES string of the molecule is CCCNC(=O)CN(C)c1nc(NN)ncc1F. The fourth-order valence-corrected chi connectivity index (χ4v) is 1.31. The lowest BCUT2D eigenvalue weighted by molar-refractivity contribution is -0.119. The fraction of sp³-hybridized carbons (Fsp3) is 0.500. The van der Waals surface area contributed by atoms with Gasteiger partial charge in [-0.3, -0.25) is 10.2 Å². The number of anilines is 2. The molecule has 1 aromatic rings. The summed E-state index contributed by atoms with van der Waals surface area (Å²) in [5, 5.41) is 2.69. The highest BCUT2D eigenvalue weighted by Crippen LogP contribution is 2.14. The third kappa shape index (κ3) is 3.81. The first-order chi connectivity index (χ1) is 8.58. The molecule has 1 heterocycles. The van der Waals surface area contributed by atoms with E-state index in [0.717, 1.165) is 12.6 Å². The van der Waals surface area contributed by atoms with Crippen LogP contribution in [0.2, 0.25) is 0 Å². The monoisotopic (exact) mass is 256 g/mol. The first-order valence-electron chi connectivity index (χ1n) is 5.55. The maximum absolute atomic E-state index is 13.5. The van der Waals surface area contributed by atoms with E-state index in [1.54, 1.807) is 7.05 Å². The zero-order valence-electron chi connectivity index (χ0n) is 10.4. The van der Waals surface area contributed by atoms with Crippen molar-refractivity contribution in [1.82, 2.24) is 15.3 Å². The zero-order valence-corrected chi connectivity index (χ0v) is 10.4. The summed E-state index contributed by atoms with van der Waals surface area (Å²) in [6.07, 6.45) is 1.84. The molecule has 1 rings (SSSR count). The van der Waals surface area contributed by atoms with Gasteiger partial charge in [-0.05, 0) is 6.42 Å². The van der Waals surface area contributed by atoms with E-state index < -0.39 is 5.82 Å². The molecule has 0 bridgehead atoms. The lowest BCUT2D eigenvalue weighted by Gasteiger charge is -2.18. The van der Waals surface area contributed by atoms with Crippen molar-refractivity contribution in [2.75, 3.05) is 30.5 Å². The van der Waals surface area contributed by atoms with Crippen LogP contribution in [-0.2, 0) is 4.79 Å². The number of halogens is 1. The molecule has 8 heteroatoms. The molecule has 0 aliphatic heterocycles. The van der Waals surface area contributed by atoms with Gasteiger partial charge in [-0.25, -0.2) is 15.2 Å². The van der Waals surface area contributed by atoms with Gasteiger partial charge in [-0.1, -0.05) is 6.92 Å². The van der Waals surface area contributed by atoms with E-state index in [2.05, 4.69) is 20.7 Å². The molecule has 0 fully saturated rings. The summed E-state index contributed by atoms with van der Waals surface area (Å²) in [7, 11) is 1.57. The standard InChI is InChI=1S/C10H17FN6O/c1-3-4-13-8(18)6-17(2)9-7(11)5-14-10(15-9)16-12/h5H,3-4,6,12H2,1-2H3,(H,13,18)(H,14,15,16). The van der Waals surface area contributed by atoms with E-state index >= 15 is 0 Å². The molecular weight excluding hydrogens is 239 g/mol. The van der Waals surface area contributed by atoms with Gasteiger partial charge in [0.05, 0.1) is 12.7 Å². The highest BCUT2D eigenvalue weighted by Gasteiger charge is 2.14. The van der Waals surface area contributed by atoms with Crippen molar-refractivity contribution in [2.45, 2.75) is 13.3 Å². The number of hydrogen-bond donors (Lipinski definition) is 3. The maximum Gasteiger partial charge on any atom is 0.239 e. The molecule has 0 aliphatic carbocycles. The fourth-order valence-electron chi connectivity index (χ4n) is 1.31. The Morgan fingerprint density at radius 3 is 2.94 bits per heavy atom. The second-order valence-corrected chi connectivity index (χ2v) is 3.72. The Bertz CT molecular complexity index is 413. The van der Waals surface area contributed by atoms with Crippen LogP contribution in [-0.4, -0.2) is 36.0 Å². The van der Waals surface area contributed by atoms with Gasteiger partial charge in [0.15, 0.2) is 11.6 Å². The average molecular weight is 256 g/mol. The largest absolute Gasteiger partial charge is 0.355 e. The number of nitrogens with zero attached hydrogens (tertiary/aromatic N) is 3. The quantitative estimate of drug-likeness (QED) is 0.484. The normalized spacial score (nSPS) is 10.0. The lowest BCUT2D eigenvalue weighted by atomic mass is 10.4. The molecule has 100 valence electrons. The van der Waals surface area contributed by atoms with E-state index in [0.29, 0.717) is 6.54 Å². The predicted molar refractivity (Wildman–Crippen MR) is 66.4 cm³/mol. The second kappa shape index (κ2) is 6.70. The Balaban J connectivity index is 2.71. The van der Waals surface area contributed by atoms with Crippen molar-refractivity contribution in [3.8, 4) is 0 Å². The smallest absolute Gasteiger partial charge is 0.239 e. The van der Waals surface area contributed by atoms with Crippen molar-refractivity contribution < 1.29 is 9.18 Å². The topological polar surface area (TPSA) is 96.2 Å². The van der Waals surface area contributed by atoms with Crippen LogP contribution in [0.15, 0.2) is 6.20 Å². The number of nitrogens with one attached hydrogen (secondary N) is 2. The van der Waals surface area contributed by atoms with Crippen LogP contribution in [0, 0.1) is 5.82 Å². The summed E-state index contributed by atoms with van der Waals surface area (Å²) in [5.74, 6) is 4.44. The average Bonchev–Trinajstić information content (AvgIpc) is 2.36.